The lowest BCUT2D eigenvalue weighted by molar-refractivity contribution is -0.0944. The third-order valence-corrected chi connectivity index (χ3v) is 7.85. The Morgan fingerprint density at radius 1 is 0.829 bits per heavy atom. The van der Waals surface area contributed by atoms with Gasteiger partial charge in [-0.25, -0.2) is 0 Å². The molecule has 3 aromatic carbocycles. The van der Waals surface area contributed by atoms with E-state index in [-0.39, 0.29) is 5.92 Å². The molecule has 0 amide bonds. The van der Waals surface area contributed by atoms with Gasteiger partial charge in [-0.2, -0.15) is 0 Å². The third-order valence-electron chi connectivity index (χ3n) is 7.85. The Bertz CT molecular complexity index is 1040. The largest absolute Gasteiger partial charge is 0.464 e. The van der Waals surface area contributed by atoms with Gasteiger partial charge in [0.25, 0.3) is 0 Å². The molecule has 1 fully saturated rings. The Balaban J connectivity index is 1.42. The van der Waals surface area contributed by atoms with Gasteiger partial charge >= 0.3 is 0 Å². The Morgan fingerprint density at radius 2 is 1.46 bits per heavy atom. The zero-order valence-electron chi connectivity index (χ0n) is 21.1. The number of ether oxygens (including phenoxy) is 3. The Labute approximate surface area is 210 Å². The Hall–Kier alpha value is -2.78. The molecule has 0 saturated heterocycles. The summed E-state index contributed by atoms with van der Waals surface area (Å²) in [6, 6.07) is 25.1. The fraction of sp³-hybridized carbons (Fsp3) is 0.438. The molecule has 0 radical (unpaired) electrons. The zero-order chi connectivity index (χ0) is 24.0. The number of benzene rings is 3. The molecule has 2 atom stereocenters. The summed E-state index contributed by atoms with van der Waals surface area (Å²) in [7, 11) is 0. The molecule has 3 heteroatoms. The number of rotatable bonds is 9. The van der Waals surface area contributed by atoms with Crippen LogP contribution in [0.3, 0.4) is 0 Å². The van der Waals surface area contributed by atoms with Crippen molar-refractivity contribution in [3.8, 4) is 17.2 Å². The maximum absolute atomic E-state index is 6.65. The lowest BCUT2D eigenvalue weighted by Crippen LogP contribution is -2.32. The first-order chi connectivity index (χ1) is 17.2. The first-order valence-corrected chi connectivity index (χ1v) is 13.5. The molecular formula is C32H38O3. The second kappa shape index (κ2) is 11.3. The fourth-order valence-electron chi connectivity index (χ4n) is 5.51. The fourth-order valence-corrected chi connectivity index (χ4v) is 5.51. The number of hydrogen-bond donors (Lipinski definition) is 0. The summed E-state index contributed by atoms with van der Waals surface area (Å²) in [4.78, 5) is 0. The molecule has 2 aliphatic rings. The van der Waals surface area contributed by atoms with Crippen molar-refractivity contribution in [3.63, 3.8) is 0 Å². The lowest BCUT2D eigenvalue weighted by atomic mass is 9.86. The molecule has 0 spiro atoms. The summed E-state index contributed by atoms with van der Waals surface area (Å²) in [6.45, 7) is 5.20. The molecule has 5 rings (SSSR count). The summed E-state index contributed by atoms with van der Waals surface area (Å²) in [5, 5.41) is 0. The topological polar surface area (TPSA) is 27.7 Å². The van der Waals surface area contributed by atoms with E-state index in [9.17, 15) is 0 Å². The normalized spacial score (nSPS) is 17.7. The second-order valence-corrected chi connectivity index (χ2v) is 10.2. The Morgan fingerprint density at radius 3 is 2.09 bits per heavy atom. The third kappa shape index (κ3) is 5.56. The van der Waals surface area contributed by atoms with E-state index in [1.54, 1.807) is 0 Å². The van der Waals surface area contributed by atoms with Gasteiger partial charge in [0.05, 0.1) is 12.5 Å². The first kappa shape index (κ1) is 23.9. The second-order valence-electron chi connectivity index (χ2n) is 10.2. The summed E-state index contributed by atoms with van der Waals surface area (Å²) in [5.74, 6) is 3.87. The van der Waals surface area contributed by atoms with Crippen LogP contribution in [0.4, 0.5) is 0 Å². The van der Waals surface area contributed by atoms with Gasteiger partial charge in [0.1, 0.15) is 17.2 Å². The van der Waals surface area contributed by atoms with E-state index in [0.717, 1.165) is 47.1 Å². The van der Waals surface area contributed by atoms with E-state index < -0.39 is 6.29 Å². The molecule has 1 saturated carbocycles. The minimum atomic E-state index is -0.431. The van der Waals surface area contributed by atoms with Crippen LogP contribution in [0, 0.1) is 5.92 Å². The Kier molecular flexibility index (Phi) is 7.73. The predicted molar refractivity (Wildman–Crippen MR) is 142 cm³/mol. The highest BCUT2D eigenvalue weighted by atomic mass is 16.7. The van der Waals surface area contributed by atoms with Gasteiger partial charge in [-0.15, -0.1) is 0 Å². The van der Waals surface area contributed by atoms with Crippen LogP contribution in [0.2, 0.25) is 0 Å². The van der Waals surface area contributed by atoms with Crippen molar-refractivity contribution >= 4 is 0 Å². The highest BCUT2D eigenvalue weighted by Crippen LogP contribution is 2.46. The van der Waals surface area contributed by atoms with Gasteiger partial charge in [-0.1, -0.05) is 94.5 Å². The van der Waals surface area contributed by atoms with Crippen molar-refractivity contribution in [1.82, 2.24) is 0 Å². The van der Waals surface area contributed by atoms with Crippen LogP contribution >= 0.6 is 0 Å². The van der Waals surface area contributed by atoms with Crippen LogP contribution in [0.5, 0.6) is 17.2 Å². The van der Waals surface area contributed by atoms with E-state index in [0.29, 0.717) is 12.5 Å². The number of fused-ring (bicyclic) bond motifs is 2. The molecule has 3 aromatic rings. The standard InChI is InChI=1S/C32H38O3/c1-3-23(2)25-17-19-26(20-18-25)34-32(33-22-21-24-11-5-4-6-12-24)31-27-13-7-9-15-29(27)35-30-16-10-8-14-28(30)31/h7-10,13-20,23-24,31-32H,3-6,11-12,21-22H2,1-2H3. The van der Waals surface area contributed by atoms with Crippen LogP contribution in [-0.4, -0.2) is 12.9 Å². The zero-order valence-corrected chi connectivity index (χ0v) is 21.1. The van der Waals surface area contributed by atoms with Crippen molar-refractivity contribution in [3.05, 3.63) is 89.5 Å². The molecule has 2 unspecified atom stereocenters. The van der Waals surface area contributed by atoms with Crippen LogP contribution in [0.1, 0.15) is 87.3 Å². The van der Waals surface area contributed by atoms with Crippen molar-refractivity contribution in [1.29, 1.82) is 0 Å². The predicted octanol–water partition coefficient (Wildman–Crippen LogP) is 8.83. The van der Waals surface area contributed by atoms with E-state index >= 15 is 0 Å². The maximum Gasteiger partial charge on any atom is 0.211 e. The quantitative estimate of drug-likeness (QED) is 0.292. The highest BCUT2D eigenvalue weighted by molar-refractivity contribution is 5.54. The lowest BCUT2D eigenvalue weighted by Gasteiger charge is -2.34. The van der Waals surface area contributed by atoms with E-state index in [4.69, 9.17) is 14.2 Å². The molecule has 0 aromatic heterocycles. The maximum atomic E-state index is 6.65. The van der Waals surface area contributed by atoms with Crippen molar-refractivity contribution in [2.45, 2.75) is 76.9 Å². The molecule has 3 nitrogen and oxygen atoms in total. The molecular weight excluding hydrogens is 432 g/mol. The molecule has 1 aliphatic carbocycles. The van der Waals surface area contributed by atoms with Crippen molar-refractivity contribution < 1.29 is 14.2 Å². The molecule has 184 valence electrons. The van der Waals surface area contributed by atoms with E-state index in [1.807, 2.05) is 24.3 Å². The van der Waals surface area contributed by atoms with Crippen LogP contribution in [0.15, 0.2) is 72.8 Å². The van der Waals surface area contributed by atoms with Crippen molar-refractivity contribution in [2.75, 3.05) is 6.61 Å². The van der Waals surface area contributed by atoms with Gasteiger partial charge in [-0.3, -0.25) is 0 Å². The van der Waals surface area contributed by atoms with Gasteiger partial charge in [0.15, 0.2) is 0 Å². The molecule has 0 bridgehead atoms. The number of para-hydroxylation sites is 2. The molecule has 35 heavy (non-hydrogen) atoms. The van der Waals surface area contributed by atoms with E-state index in [2.05, 4.69) is 62.4 Å². The summed E-state index contributed by atoms with van der Waals surface area (Å²) < 4.78 is 19.5. The average molecular weight is 471 g/mol. The molecule has 1 aliphatic heterocycles. The highest BCUT2D eigenvalue weighted by Gasteiger charge is 2.35. The summed E-state index contributed by atoms with van der Waals surface area (Å²) in [5.41, 5.74) is 3.58. The number of hydrogen-bond acceptors (Lipinski definition) is 3. The van der Waals surface area contributed by atoms with Crippen LogP contribution in [0.25, 0.3) is 0 Å². The van der Waals surface area contributed by atoms with Crippen LogP contribution in [-0.2, 0) is 4.74 Å². The first-order valence-electron chi connectivity index (χ1n) is 13.5. The van der Waals surface area contributed by atoms with Gasteiger partial charge in [-0.05, 0) is 54.5 Å². The van der Waals surface area contributed by atoms with Crippen LogP contribution < -0.4 is 9.47 Å². The summed E-state index contributed by atoms with van der Waals surface area (Å²) in [6.07, 6.45) is 8.54. The monoisotopic (exact) mass is 470 g/mol. The smallest absolute Gasteiger partial charge is 0.211 e. The SMILES string of the molecule is CCC(C)c1ccc(OC(OCCC2CCCCC2)C2c3ccccc3Oc3ccccc32)cc1. The summed E-state index contributed by atoms with van der Waals surface area (Å²) >= 11 is 0. The minimum Gasteiger partial charge on any atom is -0.464 e. The average Bonchev–Trinajstić information content (AvgIpc) is 2.92. The minimum absolute atomic E-state index is 0.0586. The van der Waals surface area contributed by atoms with Gasteiger partial charge in [0.2, 0.25) is 6.29 Å². The van der Waals surface area contributed by atoms with Gasteiger partial charge < -0.3 is 14.2 Å². The molecule has 0 N–H and O–H groups in total. The van der Waals surface area contributed by atoms with Gasteiger partial charge in [0, 0.05) is 11.1 Å². The van der Waals surface area contributed by atoms with Crippen molar-refractivity contribution in [2.24, 2.45) is 5.92 Å². The molecule has 1 heterocycles. The van der Waals surface area contributed by atoms with E-state index in [1.165, 1.54) is 37.7 Å².